The molecule has 0 atom stereocenters. The smallest absolute Gasteiger partial charge is 0.339 e. The molecule has 0 aliphatic rings. The molecule has 23 heavy (non-hydrogen) atoms. The third-order valence-corrected chi connectivity index (χ3v) is 3.10. The lowest BCUT2D eigenvalue weighted by Gasteiger charge is -2.06. The Kier molecular flexibility index (Phi) is 5.46. The zero-order valence-corrected chi connectivity index (χ0v) is 12.9. The minimum absolute atomic E-state index is 0.399. The van der Waals surface area contributed by atoms with Crippen molar-refractivity contribution in [3.8, 4) is 0 Å². The lowest BCUT2D eigenvalue weighted by molar-refractivity contribution is 0.0600. The highest BCUT2D eigenvalue weighted by atomic mass is 16.5. The number of nitrogens with one attached hydrogen (secondary N) is 2. The maximum Gasteiger partial charge on any atom is 0.339 e. The van der Waals surface area contributed by atoms with Gasteiger partial charge in [0.1, 0.15) is 0 Å². The van der Waals surface area contributed by atoms with Crippen molar-refractivity contribution < 1.29 is 14.3 Å². The van der Waals surface area contributed by atoms with Gasteiger partial charge in [0.15, 0.2) is 0 Å². The van der Waals surface area contributed by atoms with E-state index >= 15 is 0 Å². The van der Waals surface area contributed by atoms with E-state index in [1.165, 1.54) is 13.3 Å². The Bertz CT molecular complexity index is 724. The molecule has 0 saturated heterocycles. The zero-order chi connectivity index (χ0) is 16.7. The first-order valence-corrected chi connectivity index (χ1v) is 6.94. The van der Waals surface area contributed by atoms with Crippen molar-refractivity contribution in [2.45, 2.75) is 6.92 Å². The molecule has 2 aromatic rings. The number of urea groups is 1. The van der Waals surface area contributed by atoms with Gasteiger partial charge in [0.25, 0.3) is 0 Å². The van der Waals surface area contributed by atoms with Crippen LogP contribution in [0, 0.1) is 6.92 Å². The van der Waals surface area contributed by atoms with E-state index in [-0.39, 0.29) is 0 Å². The molecule has 0 aliphatic heterocycles. The Morgan fingerprint density at radius 1 is 1.09 bits per heavy atom. The summed E-state index contributed by atoms with van der Waals surface area (Å²) in [6.07, 6.45) is 1.48. The number of hydrogen-bond acceptors (Lipinski definition) is 4. The molecule has 0 saturated carbocycles. The van der Waals surface area contributed by atoms with Crippen molar-refractivity contribution in [2.24, 2.45) is 5.10 Å². The van der Waals surface area contributed by atoms with Gasteiger partial charge < -0.3 is 10.1 Å². The van der Waals surface area contributed by atoms with Gasteiger partial charge in [-0.25, -0.2) is 15.0 Å². The second-order valence-corrected chi connectivity index (χ2v) is 4.75. The van der Waals surface area contributed by atoms with E-state index in [9.17, 15) is 9.59 Å². The van der Waals surface area contributed by atoms with Crippen molar-refractivity contribution in [1.29, 1.82) is 0 Å². The van der Waals surface area contributed by atoms with E-state index in [2.05, 4.69) is 20.6 Å². The van der Waals surface area contributed by atoms with Gasteiger partial charge in [-0.05, 0) is 36.2 Å². The monoisotopic (exact) mass is 311 g/mol. The van der Waals surface area contributed by atoms with Crippen LogP contribution in [0.5, 0.6) is 0 Å². The maximum absolute atomic E-state index is 11.7. The number of benzene rings is 2. The summed E-state index contributed by atoms with van der Waals surface area (Å²) in [5, 5.41) is 6.56. The Labute approximate surface area is 134 Å². The minimum Gasteiger partial charge on any atom is -0.465 e. The normalized spacial score (nSPS) is 10.3. The molecule has 118 valence electrons. The summed E-state index contributed by atoms with van der Waals surface area (Å²) in [4.78, 5) is 23.0. The van der Waals surface area contributed by atoms with Gasteiger partial charge in [-0.2, -0.15) is 5.10 Å². The summed E-state index contributed by atoms with van der Waals surface area (Å²) < 4.78 is 4.62. The van der Waals surface area contributed by atoms with E-state index in [1.54, 1.807) is 24.3 Å². The average Bonchev–Trinajstić information content (AvgIpc) is 2.57. The predicted octanol–water partition coefficient (Wildman–Crippen LogP) is 2.94. The molecule has 0 fully saturated rings. The first kappa shape index (κ1) is 16.2. The summed E-state index contributed by atoms with van der Waals surface area (Å²) in [6, 6.07) is 13.7. The number of para-hydroxylation sites is 1. The van der Waals surface area contributed by atoms with E-state index in [0.717, 1.165) is 16.8 Å². The molecule has 2 amide bonds. The number of carbonyl (C=O) groups excluding carboxylic acids is 2. The largest absolute Gasteiger partial charge is 0.465 e. The second kappa shape index (κ2) is 7.74. The second-order valence-electron chi connectivity index (χ2n) is 4.75. The SMILES string of the molecule is COC(=O)c1ccc(C=NNC(=O)Nc2ccccc2C)cc1. The summed E-state index contributed by atoms with van der Waals surface area (Å²) in [5.41, 5.74) is 5.27. The number of rotatable bonds is 4. The van der Waals surface area contributed by atoms with Crippen molar-refractivity contribution in [1.82, 2.24) is 5.43 Å². The van der Waals surface area contributed by atoms with Gasteiger partial charge in [0.05, 0.1) is 18.9 Å². The standard InChI is InChI=1S/C17H17N3O3/c1-12-5-3-4-6-15(12)19-17(22)20-18-11-13-7-9-14(10-8-13)16(21)23-2/h3-11H,1-2H3,(H2,19,20,22). The van der Waals surface area contributed by atoms with E-state index < -0.39 is 12.0 Å². The first-order chi connectivity index (χ1) is 11.1. The molecule has 0 aliphatic carbocycles. The third kappa shape index (κ3) is 4.67. The zero-order valence-electron chi connectivity index (χ0n) is 12.9. The average molecular weight is 311 g/mol. The summed E-state index contributed by atoms with van der Waals surface area (Å²) in [7, 11) is 1.33. The number of carbonyl (C=O) groups is 2. The van der Waals surface area contributed by atoms with Crippen LogP contribution in [0.1, 0.15) is 21.5 Å². The molecule has 2 rings (SSSR count). The van der Waals surface area contributed by atoms with Crippen LogP contribution < -0.4 is 10.7 Å². The topological polar surface area (TPSA) is 79.8 Å². The van der Waals surface area contributed by atoms with E-state index in [1.807, 2.05) is 31.2 Å². The fraction of sp³-hybridized carbons (Fsp3) is 0.118. The van der Waals surface area contributed by atoms with Gasteiger partial charge in [0, 0.05) is 5.69 Å². The third-order valence-electron chi connectivity index (χ3n) is 3.10. The Balaban J connectivity index is 1.90. The highest BCUT2D eigenvalue weighted by molar-refractivity contribution is 5.92. The predicted molar refractivity (Wildman–Crippen MR) is 88.7 cm³/mol. The first-order valence-electron chi connectivity index (χ1n) is 6.94. The summed E-state index contributed by atoms with van der Waals surface area (Å²) in [5.74, 6) is -0.399. The number of amides is 2. The van der Waals surface area contributed by atoms with Crippen molar-refractivity contribution in [3.05, 3.63) is 65.2 Å². The quantitative estimate of drug-likeness (QED) is 0.517. The number of esters is 1. The Morgan fingerprint density at radius 2 is 1.78 bits per heavy atom. The molecule has 0 heterocycles. The van der Waals surface area contributed by atoms with Gasteiger partial charge in [-0.1, -0.05) is 30.3 Å². The maximum atomic E-state index is 11.7. The van der Waals surface area contributed by atoms with Crippen molar-refractivity contribution in [3.63, 3.8) is 0 Å². The Hall–Kier alpha value is -3.15. The summed E-state index contributed by atoms with van der Waals surface area (Å²) >= 11 is 0. The number of aryl methyl sites for hydroxylation is 1. The number of anilines is 1. The lowest BCUT2D eigenvalue weighted by Crippen LogP contribution is -2.24. The van der Waals surface area contributed by atoms with Crippen LogP contribution in [-0.2, 0) is 4.74 Å². The van der Waals surface area contributed by atoms with E-state index in [4.69, 9.17) is 0 Å². The Morgan fingerprint density at radius 3 is 2.43 bits per heavy atom. The molecule has 0 aromatic heterocycles. The fourth-order valence-electron chi connectivity index (χ4n) is 1.85. The molecule has 2 N–H and O–H groups in total. The molecular formula is C17H17N3O3. The lowest BCUT2D eigenvalue weighted by atomic mass is 10.1. The van der Waals surface area contributed by atoms with Crippen molar-refractivity contribution >= 4 is 23.9 Å². The molecule has 0 radical (unpaired) electrons. The molecule has 2 aromatic carbocycles. The van der Waals surface area contributed by atoms with Crippen LogP contribution in [-0.4, -0.2) is 25.3 Å². The minimum atomic E-state index is -0.429. The fourth-order valence-corrected chi connectivity index (χ4v) is 1.85. The van der Waals surface area contributed by atoms with Crippen LogP contribution in [0.25, 0.3) is 0 Å². The number of methoxy groups -OCH3 is 1. The van der Waals surface area contributed by atoms with Crippen LogP contribution in [0.3, 0.4) is 0 Å². The van der Waals surface area contributed by atoms with Crippen LogP contribution in [0.15, 0.2) is 53.6 Å². The number of nitrogens with zero attached hydrogens (tertiary/aromatic N) is 1. The highest BCUT2D eigenvalue weighted by Crippen LogP contribution is 2.12. The van der Waals surface area contributed by atoms with E-state index in [0.29, 0.717) is 5.56 Å². The van der Waals surface area contributed by atoms with Crippen LogP contribution >= 0.6 is 0 Å². The van der Waals surface area contributed by atoms with Crippen LogP contribution in [0.2, 0.25) is 0 Å². The summed E-state index contributed by atoms with van der Waals surface area (Å²) in [6.45, 7) is 1.90. The molecule has 0 unspecified atom stereocenters. The van der Waals surface area contributed by atoms with Gasteiger partial charge in [-0.3, -0.25) is 0 Å². The van der Waals surface area contributed by atoms with Gasteiger partial charge in [0.2, 0.25) is 0 Å². The number of hydrogen-bond donors (Lipinski definition) is 2. The highest BCUT2D eigenvalue weighted by Gasteiger charge is 2.04. The molecule has 0 spiro atoms. The number of hydrazone groups is 1. The van der Waals surface area contributed by atoms with Crippen LogP contribution in [0.4, 0.5) is 10.5 Å². The van der Waals surface area contributed by atoms with Gasteiger partial charge >= 0.3 is 12.0 Å². The number of ether oxygens (including phenoxy) is 1. The molecule has 0 bridgehead atoms. The molecular weight excluding hydrogens is 294 g/mol. The molecule has 6 heteroatoms. The van der Waals surface area contributed by atoms with Gasteiger partial charge in [-0.15, -0.1) is 0 Å². The molecule has 6 nitrogen and oxygen atoms in total. The van der Waals surface area contributed by atoms with Crippen molar-refractivity contribution in [2.75, 3.05) is 12.4 Å².